The van der Waals surface area contributed by atoms with Gasteiger partial charge < -0.3 is 20.9 Å². The molecule has 0 aromatic heterocycles. The Bertz CT molecular complexity index is 292. The first-order chi connectivity index (χ1) is 8.49. The zero-order valence-corrected chi connectivity index (χ0v) is 10.8. The number of nitrogens with two attached hydrogens (primary N) is 2. The van der Waals surface area contributed by atoms with Gasteiger partial charge in [0.05, 0.1) is 0 Å². The zero-order chi connectivity index (χ0) is 14.0. The molecule has 0 rings (SSSR count). The van der Waals surface area contributed by atoms with Crippen molar-refractivity contribution in [2.75, 3.05) is 19.8 Å². The topological polar surface area (TPSA) is 105 Å². The van der Waals surface area contributed by atoms with Gasteiger partial charge in [0.25, 0.3) is 0 Å². The lowest BCUT2D eigenvalue weighted by Gasteiger charge is -2.11. The molecule has 0 aromatic carbocycles. The van der Waals surface area contributed by atoms with E-state index in [4.69, 9.17) is 20.9 Å². The van der Waals surface area contributed by atoms with E-state index < -0.39 is 18.0 Å². The fraction of sp³-hybridized carbons (Fsp3) is 0.667. The van der Waals surface area contributed by atoms with Crippen LogP contribution >= 0.6 is 0 Å². The number of carbonyl (C=O) groups excluding carboxylic acids is 2. The number of hydrogen-bond donors (Lipinski definition) is 2. The third-order valence-electron chi connectivity index (χ3n) is 2.18. The van der Waals surface area contributed by atoms with E-state index in [1.165, 1.54) is 0 Å². The van der Waals surface area contributed by atoms with Crippen molar-refractivity contribution < 1.29 is 19.1 Å². The van der Waals surface area contributed by atoms with Crippen molar-refractivity contribution in [3.8, 4) is 0 Å². The van der Waals surface area contributed by atoms with Crippen LogP contribution in [0.1, 0.15) is 26.2 Å². The lowest BCUT2D eigenvalue weighted by Crippen LogP contribution is -2.33. The Morgan fingerprint density at radius 3 is 2.39 bits per heavy atom. The molecule has 0 aromatic rings. The highest BCUT2D eigenvalue weighted by atomic mass is 16.6. The van der Waals surface area contributed by atoms with Crippen molar-refractivity contribution in [3.05, 3.63) is 12.2 Å². The van der Waals surface area contributed by atoms with Crippen LogP contribution < -0.4 is 11.5 Å². The van der Waals surface area contributed by atoms with E-state index >= 15 is 0 Å². The molecule has 0 fully saturated rings. The van der Waals surface area contributed by atoms with E-state index in [1.54, 1.807) is 6.92 Å². The number of carbonyl (C=O) groups is 2. The van der Waals surface area contributed by atoms with Crippen molar-refractivity contribution in [1.29, 1.82) is 0 Å². The first-order valence-electron chi connectivity index (χ1n) is 5.94. The molecule has 0 radical (unpaired) electrons. The quantitative estimate of drug-likeness (QED) is 0.345. The molecule has 0 heterocycles. The van der Waals surface area contributed by atoms with Gasteiger partial charge in [0.15, 0.2) is 0 Å². The lowest BCUT2D eigenvalue weighted by molar-refractivity contribution is -0.151. The van der Waals surface area contributed by atoms with Gasteiger partial charge in [-0.3, -0.25) is 4.79 Å². The van der Waals surface area contributed by atoms with E-state index in [-0.39, 0.29) is 13.2 Å². The average molecular weight is 258 g/mol. The Kier molecular flexibility index (Phi) is 8.86. The van der Waals surface area contributed by atoms with Gasteiger partial charge in [-0.05, 0) is 26.3 Å². The van der Waals surface area contributed by atoms with Crippen LogP contribution in [0.25, 0.3) is 0 Å². The van der Waals surface area contributed by atoms with E-state index in [9.17, 15) is 9.59 Å². The molecule has 4 N–H and O–H groups in total. The second-order valence-corrected chi connectivity index (χ2v) is 3.97. The molecule has 0 aliphatic carbocycles. The summed E-state index contributed by atoms with van der Waals surface area (Å²) in [7, 11) is 0. The first-order valence-corrected chi connectivity index (χ1v) is 5.94. The fourth-order valence-corrected chi connectivity index (χ4v) is 1.13. The Labute approximate surface area is 107 Å². The molecule has 0 aliphatic rings. The minimum atomic E-state index is -0.645. The van der Waals surface area contributed by atoms with Gasteiger partial charge in [0.2, 0.25) is 0 Å². The summed E-state index contributed by atoms with van der Waals surface area (Å²) in [6.07, 6.45) is 2.16. The predicted molar refractivity (Wildman–Crippen MR) is 67.6 cm³/mol. The highest BCUT2D eigenvalue weighted by Gasteiger charge is 2.14. The van der Waals surface area contributed by atoms with Crippen LogP contribution in [0.2, 0.25) is 0 Å². The number of rotatable bonds is 9. The molecule has 0 spiro atoms. The second-order valence-electron chi connectivity index (χ2n) is 3.97. The third kappa shape index (κ3) is 7.81. The number of ether oxygens (including phenoxy) is 2. The molecule has 6 nitrogen and oxygen atoms in total. The molecule has 0 unspecified atom stereocenters. The molecular weight excluding hydrogens is 236 g/mol. The van der Waals surface area contributed by atoms with Gasteiger partial charge >= 0.3 is 11.9 Å². The minimum absolute atomic E-state index is 0.00242. The first kappa shape index (κ1) is 16.6. The fourth-order valence-electron chi connectivity index (χ4n) is 1.13. The predicted octanol–water partition coefficient (Wildman–Crippen LogP) is 0.105. The van der Waals surface area contributed by atoms with Gasteiger partial charge in [-0.25, -0.2) is 4.79 Å². The highest BCUT2D eigenvalue weighted by Crippen LogP contribution is 2.00. The highest BCUT2D eigenvalue weighted by molar-refractivity contribution is 5.86. The van der Waals surface area contributed by atoms with Crippen LogP contribution in [0.3, 0.4) is 0 Å². The Morgan fingerprint density at radius 2 is 1.83 bits per heavy atom. The van der Waals surface area contributed by atoms with Crippen molar-refractivity contribution in [1.82, 2.24) is 0 Å². The van der Waals surface area contributed by atoms with E-state index in [2.05, 4.69) is 6.58 Å². The van der Waals surface area contributed by atoms with Crippen molar-refractivity contribution >= 4 is 11.9 Å². The molecular formula is C12H22N2O4. The van der Waals surface area contributed by atoms with Gasteiger partial charge in [0.1, 0.15) is 19.3 Å². The van der Waals surface area contributed by atoms with Crippen molar-refractivity contribution in [2.45, 2.75) is 32.2 Å². The lowest BCUT2D eigenvalue weighted by atomic mass is 10.1. The largest absolute Gasteiger partial charge is 0.461 e. The summed E-state index contributed by atoms with van der Waals surface area (Å²) >= 11 is 0. The summed E-state index contributed by atoms with van der Waals surface area (Å²) in [5, 5.41) is 0. The van der Waals surface area contributed by atoms with E-state index in [0.29, 0.717) is 18.5 Å². The summed E-state index contributed by atoms with van der Waals surface area (Å²) in [6.45, 7) is 5.56. The normalized spacial score (nSPS) is 11.7. The summed E-state index contributed by atoms with van der Waals surface area (Å²) in [4.78, 5) is 22.4. The molecule has 104 valence electrons. The molecule has 0 bridgehead atoms. The summed E-state index contributed by atoms with van der Waals surface area (Å²) in [6, 6.07) is -0.645. The summed E-state index contributed by atoms with van der Waals surface area (Å²) in [5.74, 6) is -0.989. The molecule has 18 heavy (non-hydrogen) atoms. The smallest absolute Gasteiger partial charge is 0.333 e. The van der Waals surface area contributed by atoms with E-state index in [1.807, 2.05) is 0 Å². The Morgan fingerprint density at radius 1 is 1.22 bits per heavy atom. The molecule has 0 saturated heterocycles. The SMILES string of the molecule is C=C(C)C(=O)OCCOC(=O)[C@H](N)CCCCN. The minimum Gasteiger partial charge on any atom is -0.461 e. The van der Waals surface area contributed by atoms with Crippen molar-refractivity contribution in [2.24, 2.45) is 11.5 Å². The molecule has 0 aliphatic heterocycles. The van der Waals surface area contributed by atoms with Crippen LogP contribution in [-0.4, -0.2) is 37.7 Å². The zero-order valence-electron chi connectivity index (χ0n) is 10.8. The second kappa shape index (κ2) is 9.61. The maximum Gasteiger partial charge on any atom is 0.333 e. The van der Waals surface area contributed by atoms with Crippen molar-refractivity contribution in [3.63, 3.8) is 0 Å². The number of unbranched alkanes of at least 4 members (excludes halogenated alkanes) is 1. The van der Waals surface area contributed by atoms with Crippen LogP contribution in [0, 0.1) is 0 Å². The molecule has 6 heteroatoms. The van der Waals surface area contributed by atoms with Gasteiger partial charge in [-0.2, -0.15) is 0 Å². The Hall–Kier alpha value is -1.40. The van der Waals surface area contributed by atoms with Gasteiger partial charge in [-0.1, -0.05) is 13.0 Å². The third-order valence-corrected chi connectivity index (χ3v) is 2.18. The summed E-state index contributed by atoms with van der Waals surface area (Å²) < 4.78 is 9.62. The van der Waals surface area contributed by atoms with E-state index in [0.717, 1.165) is 12.8 Å². The molecule has 0 amide bonds. The number of esters is 2. The van der Waals surface area contributed by atoms with Crippen LogP contribution in [0.15, 0.2) is 12.2 Å². The van der Waals surface area contributed by atoms with Gasteiger partial charge in [0, 0.05) is 5.57 Å². The monoisotopic (exact) mass is 258 g/mol. The maximum atomic E-state index is 11.4. The van der Waals surface area contributed by atoms with Crippen LogP contribution in [-0.2, 0) is 19.1 Å². The number of hydrogen-bond acceptors (Lipinski definition) is 6. The van der Waals surface area contributed by atoms with Crippen LogP contribution in [0.4, 0.5) is 0 Å². The molecule has 0 saturated carbocycles. The summed E-state index contributed by atoms with van der Waals surface area (Å²) in [5.41, 5.74) is 11.2. The molecule has 1 atom stereocenters. The van der Waals surface area contributed by atoms with Gasteiger partial charge in [-0.15, -0.1) is 0 Å². The Balaban J connectivity index is 3.63. The maximum absolute atomic E-state index is 11.4. The average Bonchev–Trinajstić information content (AvgIpc) is 2.33. The standard InChI is InChI=1S/C12H22N2O4/c1-9(2)11(15)17-7-8-18-12(16)10(14)5-3-4-6-13/h10H,1,3-8,13-14H2,2H3/t10-/m1/s1. The van der Waals surface area contributed by atoms with Crippen LogP contribution in [0.5, 0.6) is 0 Å².